The Hall–Kier alpha value is -2.77. The summed E-state index contributed by atoms with van der Waals surface area (Å²) in [5, 5.41) is 3.66. The van der Waals surface area contributed by atoms with Gasteiger partial charge >= 0.3 is 0 Å². The molecule has 0 aromatic heterocycles. The summed E-state index contributed by atoms with van der Waals surface area (Å²) < 4.78 is 35.0. The Bertz CT molecular complexity index is 1270. The second-order valence-corrected chi connectivity index (χ2v) is 10.7. The molecule has 5 nitrogen and oxygen atoms in total. The van der Waals surface area contributed by atoms with Crippen LogP contribution < -0.4 is 14.8 Å². The molecule has 0 radical (unpaired) electrons. The summed E-state index contributed by atoms with van der Waals surface area (Å²) in [6.07, 6.45) is 5.37. The van der Waals surface area contributed by atoms with Crippen LogP contribution in [-0.4, -0.2) is 15.5 Å². The maximum atomic E-state index is 13.1. The molecular formula is C25H23BrN2O3S. The number of allylic oxidation sites excluding steroid dienone is 2. The number of benzene rings is 3. The van der Waals surface area contributed by atoms with Crippen LogP contribution in [0.2, 0.25) is 0 Å². The van der Waals surface area contributed by atoms with Crippen molar-refractivity contribution in [1.82, 2.24) is 0 Å². The largest absolute Gasteiger partial charge is 0.497 e. The molecule has 3 aromatic carbocycles. The van der Waals surface area contributed by atoms with Crippen molar-refractivity contribution in [3.05, 3.63) is 94.5 Å². The Morgan fingerprint density at radius 2 is 1.78 bits per heavy atom. The predicted octanol–water partition coefficient (Wildman–Crippen LogP) is 6.09. The Balaban J connectivity index is 1.46. The molecule has 0 saturated carbocycles. The van der Waals surface area contributed by atoms with Gasteiger partial charge in [0.2, 0.25) is 0 Å². The molecule has 5 rings (SSSR count). The molecular weight excluding hydrogens is 488 g/mol. The average Bonchev–Trinajstić information content (AvgIpc) is 3.29. The van der Waals surface area contributed by atoms with Crippen molar-refractivity contribution >= 4 is 37.3 Å². The zero-order chi connectivity index (χ0) is 22.3. The van der Waals surface area contributed by atoms with E-state index in [2.05, 4.69) is 62.4 Å². The number of rotatable bonds is 5. The highest BCUT2D eigenvalue weighted by molar-refractivity contribution is 9.10. The van der Waals surface area contributed by atoms with E-state index in [0.29, 0.717) is 17.4 Å². The van der Waals surface area contributed by atoms with E-state index in [1.807, 2.05) is 6.07 Å². The van der Waals surface area contributed by atoms with E-state index in [-0.39, 0.29) is 16.9 Å². The summed E-state index contributed by atoms with van der Waals surface area (Å²) in [6, 6.07) is 20.8. The lowest BCUT2D eigenvalue weighted by Gasteiger charge is -2.37. The van der Waals surface area contributed by atoms with E-state index in [0.717, 1.165) is 22.1 Å². The Labute approximate surface area is 196 Å². The van der Waals surface area contributed by atoms with Crippen molar-refractivity contribution in [1.29, 1.82) is 0 Å². The van der Waals surface area contributed by atoms with E-state index in [1.165, 1.54) is 5.56 Å². The molecule has 164 valence electrons. The number of methoxy groups -OCH3 is 1. The van der Waals surface area contributed by atoms with Gasteiger partial charge in [-0.15, -0.1) is 0 Å². The summed E-state index contributed by atoms with van der Waals surface area (Å²) in [5.41, 5.74) is 3.73. The highest BCUT2D eigenvalue weighted by Crippen LogP contribution is 2.50. The number of nitrogens with one attached hydrogen (secondary N) is 2. The van der Waals surface area contributed by atoms with Crippen LogP contribution in [0.15, 0.2) is 88.3 Å². The standard InChI is InChI=1S/C25H23BrN2O3S/c1-31-19-11-9-18(10-12-19)28-32(29,30)20-13-14-24-23(15-20)21-3-2-4-22(21)25(27-24)16-5-7-17(26)8-6-16/h2-3,5-15,21-22,25,27-28H,4H2,1H3/t21-,22+,25+/m0/s1. The first kappa shape index (κ1) is 21.1. The van der Waals surface area contributed by atoms with E-state index >= 15 is 0 Å². The minimum Gasteiger partial charge on any atom is -0.497 e. The fourth-order valence-electron chi connectivity index (χ4n) is 4.61. The van der Waals surface area contributed by atoms with Crippen molar-refractivity contribution in [3.8, 4) is 5.75 Å². The first-order valence-electron chi connectivity index (χ1n) is 10.4. The summed E-state index contributed by atoms with van der Waals surface area (Å²) >= 11 is 3.51. The number of halogens is 1. The third-order valence-electron chi connectivity index (χ3n) is 6.22. The number of ether oxygens (including phenoxy) is 1. The molecule has 0 fully saturated rings. The molecule has 0 spiro atoms. The Kier molecular flexibility index (Phi) is 5.47. The third kappa shape index (κ3) is 3.91. The maximum absolute atomic E-state index is 13.1. The average molecular weight is 511 g/mol. The summed E-state index contributed by atoms with van der Waals surface area (Å²) in [4.78, 5) is 0.259. The number of hydrogen-bond acceptors (Lipinski definition) is 4. The van der Waals surface area contributed by atoms with Gasteiger partial charge in [-0.05, 0) is 78.1 Å². The van der Waals surface area contributed by atoms with E-state index < -0.39 is 10.0 Å². The number of sulfonamides is 1. The highest BCUT2D eigenvalue weighted by atomic mass is 79.9. The van der Waals surface area contributed by atoms with Gasteiger partial charge in [0, 0.05) is 21.8 Å². The fourth-order valence-corrected chi connectivity index (χ4v) is 5.97. The van der Waals surface area contributed by atoms with Gasteiger partial charge in [-0.1, -0.05) is 40.2 Å². The Morgan fingerprint density at radius 3 is 2.50 bits per heavy atom. The van der Waals surface area contributed by atoms with Crippen LogP contribution in [0.3, 0.4) is 0 Å². The van der Waals surface area contributed by atoms with Crippen LogP contribution in [-0.2, 0) is 10.0 Å². The number of hydrogen-bond donors (Lipinski definition) is 2. The molecule has 0 unspecified atom stereocenters. The molecule has 0 saturated heterocycles. The van der Waals surface area contributed by atoms with Gasteiger partial charge in [0.15, 0.2) is 0 Å². The first-order valence-corrected chi connectivity index (χ1v) is 12.7. The lowest BCUT2D eigenvalue weighted by Crippen LogP contribution is -2.29. The topological polar surface area (TPSA) is 67.4 Å². The number of fused-ring (bicyclic) bond motifs is 3. The van der Waals surface area contributed by atoms with Crippen molar-refractivity contribution in [2.75, 3.05) is 17.1 Å². The van der Waals surface area contributed by atoms with Gasteiger partial charge in [0.1, 0.15) is 5.75 Å². The number of anilines is 2. The maximum Gasteiger partial charge on any atom is 0.261 e. The molecule has 1 aliphatic carbocycles. The van der Waals surface area contributed by atoms with Gasteiger partial charge in [-0.25, -0.2) is 8.42 Å². The lowest BCUT2D eigenvalue weighted by molar-refractivity contribution is 0.415. The van der Waals surface area contributed by atoms with E-state index in [4.69, 9.17) is 4.74 Å². The van der Waals surface area contributed by atoms with Gasteiger partial charge in [0.05, 0.1) is 18.0 Å². The molecule has 3 atom stereocenters. The highest BCUT2D eigenvalue weighted by Gasteiger charge is 2.38. The molecule has 1 aliphatic heterocycles. The van der Waals surface area contributed by atoms with Crippen molar-refractivity contribution in [2.24, 2.45) is 5.92 Å². The summed E-state index contributed by atoms with van der Waals surface area (Å²) in [6.45, 7) is 0. The third-order valence-corrected chi connectivity index (χ3v) is 8.12. The van der Waals surface area contributed by atoms with Gasteiger partial charge < -0.3 is 10.1 Å². The van der Waals surface area contributed by atoms with Gasteiger partial charge in [-0.2, -0.15) is 0 Å². The van der Waals surface area contributed by atoms with Crippen molar-refractivity contribution < 1.29 is 13.2 Å². The SMILES string of the molecule is COc1ccc(NS(=O)(=O)c2ccc3c(c2)[C@H]2C=CC[C@H]2[C@@H](c2ccc(Br)cc2)N3)cc1. The molecule has 3 aromatic rings. The van der Waals surface area contributed by atoms with Crippen LogP contribution in [0.1, 0.15) is 29.5 Å². The zero-order valence-electron chi connectivity index (χ0n) is 17.5. The van der Waals surface area contributed by atoms with Crippen molar-refractivity contribution in [2.45, 2.75) is 23.3 Å². The van der Waals surface area contributed by atoms with Crippen molar-refractivity contribution in [3.63, 3.8) is 0 Å². The van der Waals surface area contributed by atoms with Crippen LogP contribution in [0.4, 0.5) is 11.4 Å². The summed E-state index contributed by atoms with van der Waals surface area (Å²) in [7, 11) is -2.14. The minimum atomic E-state index is -3.71. The van der Waals surface area contributed by atoms with E-state index in [9.17, 15) is 8.42 Å². The monoisotopic (exact) mass is 510 g/mol. The lowest BCUT2D eigenvalue weighted by atomic mass is 9.77. The molecule has 0 amide bonds. The fraction of sp³-hybridized carbons (Fsp3) is 0.200. The normalized spacial score (nSPS) is 21.4. The minimum absolute atomic E-state index is 0.176. The molecule has 7 heteroatoms. The first-order chi connectivity index (χ1) is 15.4. The van der Waals surface area contributed by atoms with Gasteiger partial charge in [0.25, 0.3) is 10.0 Å². The second kappa shape index (κ2) is 8.30. The molecule has 32 heavy (non-hydrogen) atoms. The van der Waals surface area contributed by atoms with Gasteiger partial charge in [-0.3, -0.25) is 4.72 Å². The smallest absolute Gasteiger partial charge is 0.261 e. The zero-order valence-corrected chi connectivity index (χ0v) is 19.9. The van der Waals surface area contributed by atoms with Crippen LogP contribution in [0.5, 0.6) is 5.75 Å². The Morgan fingerprint density at radius 1 is 1.03 bits per heavy atom. The second-order valence-electron chi connectivity index (χ2n) is 8.11. The van der Waals surface area contributed by atoms with Crippen LogP contribution in [0.25, 0.3) is 0 Å². The molecule has 2 N–H and O–H groups in total. The predicted molar refractivity (Wildman–Crippen MR) is 131 cm³/mol. The van der Waals surface area contributed by atoms with Crippen LogP contribution in [0, 0.1) is 5.92 Å². The quantitative estimate of drug-likeness (QED) is 0.407. The molecule has 2 aliphatic rings. The van der Waals surface area contributed by atoms with Crippen LogP contribution >= 0.6 is 15.9 Å². The molecule has 1 heterocycles. The summed E-state index contributed by atoms with van der Waals surface area (Å²) in [5.74, 6) is 1.19. The van der Waals surface area contributed by atoms with E-state index in [1.54, 1.807) is 43.5 Å². The molecule has 0 bridgehead atoms.